The Kier molecular flexibility index (Phi) is 10.9. The molecule has 55 heavy (non-hydrogen) atoms. The Labute approximate surface area is 316 Å². The molecule has 1 unspecified atom stereocenters. The molecule has 0 saturated carbocycles. The largest absolute Gasteiger partial charge is 0.453 e. The number of hydrogen-bond acceptors (Lipinski definition) is 9. The summed E-state index contributed by atoms with van der Waals surface area (Å²) in [5, 5.41) is 23.3. The number of H-pyrrole nitrogens is 2. The van der Waals surface area contributed by atoms with Crippen LogP contribution in [0.4, 0.5) is 9.59 Å². The van der Waals surface area contributed by atoms with Crippen LogP contribution in [0.2, 0.25) is 0 Å². The molecular formula is C41H42N8O6. The number of benzene rings is 5. The van der Waals surface area contributed by atoms with E-state index in [0.717, 1.165) is 66.7 Å². The fourth-order valence-corrected chi connectivity index (χ4v) is 6.81. The molecule has 7 rings (SSSR count). The van der Waals surface area contributed by atoms with Gasteiger partial charge in [0.05, 0.1) is 55.4 Å². The van der Waals surface area contributed by atoms with Gasteiger partial charge in [-0.05, 0) is 58.1 Å². The number of hydrogen-bond donors (Lipinski definition) is 6. The summed E-state index contributed by atoms with van der Waals surface area (Å²) in [6, 6.07) is 29.2. The number of amides is 3. The number of carbonyl (C=O) groups is 3. The van der Waals surface area contributed by atoms with Gasteiger partial charge in [0.1, 0.15) is 24.4 Å². The molecule has 5 aromatic carbocycles. The molecule has 7 aromatic rings. The normalized spacial score (nSPS) is 12.5. The third kappa shape index (κ3) is 8.05. The average molecular weight is 743 g/mol. The highest BCUT2D eigenvalue weighted by Gasteiger charge is 2.24. The summed E-state index contributed by atoms with van der Waals surface area (Å²) in [4.78, 5) is 54.5. The molecule has 0 fully saturated rings. The molecule has 14 nitrogen and oxygen atoms in total. The van der Waals surface area contributed by atoms with Crippen molar-refractivity contribution in [2.45, 2.75) is 38.7 Å². The maximum atomic E-state index is 12.8. The van der Waals surface area contributed by atoms with Crippen LogP contribution < -0.4 is 16.0 Å². The second kappa shape index (κ2) is 16.2. The Morgan fingerprint density at radius 3 is 1.98 bits per heavy atom. The lowest BCUT2D eigenvalue weighted by molar-refractivity contribution is -0.130. The number of aliphatic hydroxyl groups is 1. The van der Waals surface area contributed by atoms with Crippen LogP contribution in [0.3, 0.4) is 0 Å². The molecule has 2 heterocycles. The number of aromatic nitrogens is 4. The van der Waals surface area contributed by atoms with Crippen LogP contribution >= 0.6 is 0 Å². The first-order valence-electron chi connectivity index (χ1n) is 18.0. The fraction of sp³-hybridized carbons (Fsp3) is 0.244. The first kappa shape index (κ1) is 36.8. The summed E-state index contributed by atoms with van der Waals surface area (Å²) < 4.78 is 9.36. The van der Waals surface area contributed by atoms with Crippen LogP contribution in [0.25, 0.3) is 54.7 Å². The van der Waals surface area contributed by atoms with Gasteiger partial charge in [-0.1, -0.05) is 73.7 Å². The highest BCUT2D eigenvalue weighted by Crippen LogP contribution is 2.32. The summed E-state index contributed by atoms with van der Waals surface area (Å²) in [5.74, 6) is 1.08. The van der Waals surface area contributed by atoms with Gasteiger partial charge in [0, 0.05) is 17.3 Å². The van der Waals surface area contributed by atoms with Gasteiger partial charge in [0.25, 0.3) is 0 Å². The third-order valence-electron chi connectivity index (χ3n) is 9.54. The van der Waals surface area contributed by atoms with Crippen molar-refractivity contribution in [3.63, 3.8) is 0 Å². The minimum atomic E-state index is -1.11. The fourth-order valence-electron chi connectivity index (χ4n) is 6.81. The van der Waals surface area contributed by atoms with Gasteiger partial charge in [-0.3, -0.25) is 10.1 Å². The highest BCUT2D eigenvalue weighted by atomic mass is 16.5. The number of alkyl carbamates (subject to hydrolysis) is 2. The van der Waals surface area contributed by atoms with Gasteiger partial charge in [0.2, 0.25) is 5.91 Å². The van der Waals surface area contributed by atoms with E-state index in [1.54, 1.807) is 4.90 Å². The van der Waals surface area contributed by atoms with Crippen LogP contribution in [-0.2, 0) is 27.4 Å². The molecule has 2 atom stereocenters. The predicted octanol–water partition coefficient (Wildman–Crippen LogP) is 6.01. The average Bonchev–Trinajstić information content (AvgIpc) is 3.84. The van der Waals surface area contributed by atoms with Crippen molar-refractivity contribution in [3.8, 4) is 11.1 Å². The van der Waals surface area contributed by atoms with Crippen molar-refractivity contribution < 1.29 is 29.0 Å². The van der Waals surface area contributed by atoms with E-state index in [1.165, 1.54) is 14.2 Å². The van der Waals surface area contributed by atoms with E-state index in [0.29, 0.717) is 18.2 Å². The molecule has 282 valence electrons. The molecule has 0 spiro atoms. The standard InChI is InChI=1S/C41H42N8O6/c1-4-18-49(35(50)22-43-40(52)54-2)23-34-45-32-17-13-28-20-26(11-15-30(28)38(32)47-34)25-10-14-29-27(19-25)12-16-31-37(29)46-33(44-31)21-42-39(51)36(48-41(53)55-3)24-8-6-5-7-9-24/h5-17,19-20,36,39,42,51H,4,18,21-23H2,1-3H3,(H,43,52)(H,44,46)(H,45,47)(H,48,53)/t36-,39?/m1/s1. The predicted molar refractivity (Wildman–Crippen MR) is 210 cm³/mol. The van der Waals surface area contributed by atoms with Crippen LogP contribution in [-0.4, -0.2) is 81.6 Å². The molecule has 0 aliphatic heterocycles. The van der Waals surface area contributed by atoms with Gasteiger partial charge in [-0.15, -0.1) is 0 Å². The smallest absolute Gasteiger partial charge is 0.407 e. The molecular weight excluding hydrogens is 701 g/mol. The number of rotatable bonds is 13. The van der Waals surface area contributed by atoms with Gasteiger partial charge < -0.3 is 40.1 Å². The van der Waals surface area contributed by atoms with Crippen molar-refractivity contribution in [2.24, 2.45) is 0 Å². The summed E-state index contributed by atoms with van der Waals surface area (Å²) in [5.41, 5.74) is 6.21. The first-order chi connectivity index (χ1) is 26.7. The Balaban J connectivity index is 1.08. The molecule has 14 heteroatoms. The number of nitrogens with one attached hydrogen (secondary N) is 5. The van der Waals surface area contributed by atoms with Crippen molar-refractivity contribution in [1.82, 2.24) is 40.8 Å². The lowest BCUT2D eigenvalue weighted by atomic mass is 9.98. The number of methoxy groups -OCH3 is 2. The van der Waals surface area contributed by atoms with Crippen LogP contribution in [0.5, 0.6) is 0 Å². The van der Waals surface area contributed by atoms with E-state index in [4.69, 9.17) is 14.7 Å². The van der Waals surface area contributed by atoms with E-state index in [1.807, 2.05) is 49.4 Å². The molecule has 0 radical (unpaired) electrons. The van der Waals surface area contributed by atoms with Crippen LogP contribution in [0.1, 0.15) is 36.6 Å². The maximum absolute atomic E-state index is 12.8. The zero-order valence-electron chi connectivity index (χ0n) is 30.7. The lowest BCUT2D eigenvalue weighted by Gasteiger charge is -2.24. The zero-order valence-corrected chi connectivity index (χ0v) is 30.7. The van der Waals surface area contributed by atoms with Gasteiger partial charge in [0.15, 0.2) is 0 Å². The zero-order chi connectivity index (χ0) is 38.5. The molecule has 0 aliphatic rings. The second-order valence-electron chi connectivity index (χ2n) is 13.2. The quantitative estimate of drug-likeness (QED) is 0.0770. The van der Waals surface area contributed by atoms with Gasteiger partial charge in [-0.2, -0.15) is 0 Å². The van der Waals surface area contributed by atoms with E-state index >= 15 is 0 Å². The topological polar surface area (TPSA) is 187 Å². The second-order valence-corrected chi connectivity index (χ2v) is 13.2. The minimum absolute atomic E-state index is 0.154. The maximum Gasteiger partial charge on any atom is 0.407 e. The summed E-state index contributed by atoms with van der Waals surface area (Å²) in [7, 11) is 2.54. The van der Waals surface area contributed by atoms with Gasteiger partial charge in [-0.25, -0.2) is 19.6 Å². The Morgan fingerprint density at radius 2 is 1.38 bits per heavy atom. The number of nitrogens with zero attached hydrogens (tertiary/aromatic N) is 3. The molecule has 3 amide bonds. The number of carbonyl (C=O) groups excluding carboxylic acids is 3. The van der Waals surface area contributed by atoms with Crippen molar-refractivity contribution in [1.29, 1.82) is 0 Å². The summed E-state index contributed by atoms with van der Waals surface area (Å²) >= 11 is 0. The third-order valence-corrected chi connectivity index (χ3v) is 9.54. The molecule has 0 aliphatic carbocycles. The number of ether oxygens (including phenoxy) is 2. The van der Waals surface area contributed by atoms with Crippen molar-refractivity contribution >= 4 is 61.7 Å². The molecule has 2 aromatic heterocycles. The monoisotopic (exact) mass is 742 g/mol. The van der Waals surface area contributed by atoms with Crippen LogP contribution in [0.15, 0.2) is 91.0 Å². The van der Waals surface area contributed by atoms with E-state index < -0.39 is 24.5 Å². The SMILES string of the molecule is CCCN(Cc1nc2c(ccc3cc(-c4ccc5c(ccc6[nH]c(CNC(O)[C@H](NC(=O)OC)c7ccccc7)nc65)c4)ccc32)[nH]1)C(=O)CNC(=O)OC. The molecule has 0 bridgehead atoms. The first-order valence-corrected chi connectivity index (χ1v) is 18.0. The number of fused-ring (bicyclic) bond motifs is 6. The Bertz CT molecular complexity index is 2500. The van der Waals surface area contributed by atoms with Crippen molar-refractivity contribution in [2.75, 3.05) is 27.3 Å². The number of aliphatic hydroxyl groups excluding tert-OH is 1. The molecule has 0 saturated heterocycles. The van der Waals surface area contributed by atoms with E-state index in [2.05, 4.69) is 79.2 Å². The summed E-state index contributed by atoms with van der Waals surface area (Å²) in [6.45, 7) is 2.88. The Hall–Kier alpha value is -6.51. The van der Waals surface area contributed by atoms with E-state index in [-0.39, 0.29) is 25.5 Å². The van der Waals surface area contributed by atoms with Gasteiger partial charge >= 0.3 is 12.2 Å². The lowest BCUT2D eigenvalue weighted by Crippen LogP contribution is -2.43. The highest BCUT2D eigenvalue weighted by molar-refractivity contribution is 6.07. The Morgan fingerprint density at radius 1 is 0.782 bits per heavy atom. The van der Waals surface area contributed by atoms with E-state index in [9.17, 15) is 19.5 Å². The minimum Gasteiger partial charge on any atom is -0.453 e. The molecule has 6 N–H and O–H groups in total. The number of imidazole rings is 2. The van der Waals surface area contributed by atoms with Crippen molar-refractivity contribution in [3.05, 3.63) is 108 Å². The van der Waals surface area contributed by atoms with Crippen LogP contribution in [0, 0.1) is 0 Å². The number of aromatic amines is 2. The summed E-state index contributed by atoms with van der Waals surface area (Å²) in [6.07, 6.45) is -1.65.